The number of hydrogen-bond donors (Lipinski definition) is 1. The first-order valence-corrected chi connectivity index (χ1v) is 7.04. The number of carboxylic acids is 1. The van der Waals surface area contributed by atoms with Gasteiger partial charge in [-0.2, -0.15) is 0 Å². The number of nitrogens with zero attached hydrogens (tertiary/aromatic N) is 1. The van der Waals surface area contributed by atoms with Gasteiger partial charge in [-0.25, -0.2) is 4.79 Å². The molecule has 0 saturated heterocycles. The van der Waals surface area contributed by atoms with Gasteiger partial charge in [-0.1, -0.05) is 13.8 Å². The topological polar surface area (TPSA) is 49.8 Å². The number of hydrogen-bond acceptors (Lipinski definition) is 4. The Morgan fingerprint density at radius 1 is 1.44 bits per heavy atom. The average molecular weight is 271 g/mol. The van der Waals surface area contributed by atoms with Crippen LogP contribution in [0.5, 0.6) is 0 Å². The third-order valence-corrected chi connectivity index (χ3v) is 4.12. The highest BCUT2D eigenvalue weighted by Crippen LogP contribution is 2.29. The number of carboxylic acid groups (broad SMARTS) is 1. The molecule has 0 aromatic carbocycles. The first-order valence-electron chi connectivity index (χ1n) is 6.22. The van der Waals surface area contributed by atoms with E-state index in [0.717, 1.165) is 24.4 Å². The van der Waals surface area contributed by atoms with E-state index < -0.39 is 5.97 Å². The van der Waals surface area contributed by atoms with Gasteiger partial charge in [0.05, 0.1) is 11.6 Å². The lowest BCUT2D eigenvalue weighted by atomic mass is 10.1. The number of thiophene rings is 1. The van der Waals surface area contributed by atoms with Crippen molar-refractivity contribution >= 4 is 22.3 Å². The van der Waals surface area contributed by atoms with E-state index in [1.807, 2.05) is 6.07 Å². The molecule has 4 nitrogen and oxygen atoms in total. The van der Waals surface area contributed by atoms with Gasteiger partial charge >= 0.3 is 5.97 Å². The third kappa shape index (κ3) is 3.71. The Morgan fingerprint density at radius 2 is 2.11 bits per heavy atom. The predicted molar refractivity (Wildman–Crippen MR) is 74.9 cm³/mol. The first kappa shape index (κ1) is 15.0. The Hall–Kier alpha value is -1.07. The summed E-state index contributed by atoms with van der Waals surface area (Å²) in [6.07, 6.45) is 2.08. The number of methoxy groups -OCH3 is 1. The maximum Gasteiger partial charge on any atom is 0.345 e. The second kappa shape index (κ2) is 7.38. The molecule has 0 aliphatic carbocycles. The van der Waals surface area contributed by atoms with Gasteiger partial charge in [0.2, 0.25) is 0 Å². The van der Waals surface area contributed by atoms with E-state index in [1.54, 1.807) is 13.2 Å². The van der Waals surface area contributed by atoms with Crippen LogP contribution in [0.3, 0.4) is 0 Å². The zero-order valence-electron chi connectivity index (χ0n) is 11.2. The minimum absolute atomic E-state index is 0.387. The van der Waals surface area contributed by atoms with Crippen molar-refractivity contribution in [3.63, 3.8) is 0 Å². The van der Waals surface area contributed by atoms with Crippen molar-refractivity contribution in [2.24, 2.45) is 0 Å². The monoisotopic (exact) mass is 271 g/mol. The van der Waals surface area contributed by atoms with Crippen LogP contribution in [0, 0.1) is 0 Å². The zero-order chi connectivity index (χ0) is 13.5. The summed E-state index contributed by atoms with van der Waals surface area (Å²) in [5, 5.41) is 9.99. The number of aromatic carboxylic acids is 1. The summed E-state index contributed by atoms with van der Waals surface area (Å²) in [6, 6.07) is 3.99. The summed E-state index contributed by atoms with van der Waals surface area (Å²) in [5.74, 6) is -0.859. The van der Waals surface area contributed by atoms with Crippen LogP contribution in [-0.2, 0) is 4.74 Å². The van der Waals surface area contributed by atoms with E-state index in [1.165, 1.54) is 11.3 Å². The van der Waals surface area contributed by atoms with Crippen LogP contribution >= 0.6 is 11.3 Å². The molecular formula is C13H21NO3S. The standard InChI is InChI=1S/C13H21NO3S/c1-4-10(5-2)14(8-9-17-3)12-7-6-11(18-12)13(15)16/h6-7,10H,4-5,8-9H2,1-3H3,(H,15,16). The molecule has 1 rings (SSSR count). The van der Waals surface area contributed by atoms with Crippen LogP contribution in [0.15, 0.2) is 12.1 Å². The van der Waals surface area contributed by atoms with E-state index in [0.29, 0.717) is 17.5 Å². The molecule has 18 heavy (non-hydrogen) atoms. The summed E-state index contributed by atoms with van der Waals surface area (Å²) < 4.78 is 5.13. The molecule has 0 amide bonds. The molecule has 0 unspecified atom stereocenters. The maximum atomic E-state index is 10.9. The summed E-state index contributed by atoms with van der Waals surface area (Å²) >= 11 is 1.33. The van der Waals surface area contributed by atoms with Crippen molar-refractivity contribution in [3.05, 3.63) is 17.0 Å². The average Bonchev–Trinajstić information content (AvgIpc) is 2.84. The van der Waals surface area contributed by atoms with Gasteiger partial charge in [0.15, 0.2) is 0 Å². The lowest BCUT2D eigenvalue weighted by Crippen LogP contribution is -2.36. The van der Waals surface area contributed by atoms with Gasteiger partial charge in [-0.05, 0) is 25.0 Å². The smallest absolute Gasteiger partial charge is 0.345 e. The molecule has 102 valence electrons. The van der Waals surface area contributed by atoms with E-state index >= 15 is 0 Å². The van der Waals surface area contributed by atoms with E-state index in [2.05, 4.69) is 18.7 Å². The molecule has 1 N–H and O–H groups in total. The minimum atomic E-state index is -0.859. The van der Waals surface area contributed by atoms with Gasteiger partial charge in [-0.3, -0.25) is 0 Å². The van der Waals surface area contributed by atoms with E-state index in [-0.39, 0.29) is 0 Å². The predicted octanol–water partition coefficient (Wildman–Crippen LogP) is 3.09. The molecule has 1 aromatic heterocycles. The molecule has 0 radical (unpaired) electrons. The quantitative estimate of drug-likeness (QED) is 0.789. The van der Waals surface area contributed by atoms with E-state index in [9.17, 15) is 4.79 Å². The lowest BCUT2D eigenvalue weighted by Gasteiger charge is -2.31. The minimum Gasteiger partial charge on any atom is -0.477 e. The molecule has 0 spiro atoms. The summed E-state index contributed by atoms with van der Waals surface area (Å²) in [4.78, 5) is 13.6. The third-order valence-electron chi connectivity index (χ3n) is 3.01. The maximum absolute atomic E-state index is 10.9. The normalized spacial score (nSPS) is 10.9. The molecule has 0 aliphatic heterocycles. The Labute approximate surface area is 112 Å². The summed E-state index contributed by atoms with van der Waals surface area (Å²) in [7, 11) is 1.68. The van der Waals surface area contributed by atoms with Crippen molar-refractivity contribution < 1.29 is 14.6 Å². The van der Waals surface area contributed by atoms with Crippen LogP contribution in [0.25, 0.3) is 0 Å². The lowest BCUT2D eigenvalue weighted by molar-refractivity contribution is 0.0702. The summed E-state index contributed by atoms with van der Waals surface area (Å²) in [6.45, 7) is 5.75. The highest BCUT2D eigenvalue weighted by Gasteiger charge is 2.18. The number of carbonyl (C=O) groups is 1. The molecule has 1 heterocycles. The Morgan fingerprint density at radius 3 is 2.56 bits per heavy atom. The number of ether oxygens (including phenoxy) is 1. The molecule has 0 fully saturated rings. The van der Waals surface area contributed by atoms with Crippen molar-refractivity contribution in [2.45, 2.75) is 32.7 Å². The van der Waals surface area contributed by atoms with Crippen LogP contribution in [-0.4, -0.2) is 37.4 Å². The SMILES string of the molecule is CCC(CC)N(CCOC)c1ccc(C(=O)O)s1. The van der Waals surface area contributed by atoms with Crippen molar-refractivity contribution in [2.75, 3.05) is 25.2 Å². The Bertz CT molecular complexity index is 374. The highest BCUT2D eigenvalue weighted by molar-refractivity contribution is 7.17. The van der Waals surface area contributed by atoms with Gasteiger partial charge in [0.1, 0.15) is 4.88 Å². The van der Waals surface area contributed by atoms with Gasteiger partial charge < -0.3 is 14.7 Å². The second-order valence-electron chi connectivity index (χ2n) is 4.10. The van der Waals surface area contributed by atoms with Crippen LogP contribution in [0.2, 0.25) is 0 Å². The molecule has 0 saturated carbocycles. The molecule has 0 aliphatic rings. The number of rotatable bonds is 8. The van der Waals surface area contributed by atoms with Gasteiger partial charge in [0.25, 0.3) is 0 Å². The second-order valence-corrected chi connectivity index (χ2v) is 5.16. The fourth-order valence-electron chi connectivity index (χ4n) is 1.99. The van der Waals surface area contributed by atoms with Crippen LogP contribution in [0.1, 0.15) is 36.4 Å². The molecule has 0 atom stereocenters. The number of anilines is 1. The molecular weight excluding hydrogens is 250 g/mol. The Balaban J connectivity index is 2.89. The Kier molecular flexibility index (Phi) is 6.15. The fraction of sp³-hybridized carbons (Fsp3) is 0.615. The largest absolute Gasteiger partial charge is 0.477 e. The van der Waals surface area contributed by atoms with E-state index in [4.69, 9.17) is 9.84 Å². The van der Waals surface area contributed by atoms with Gasteiger partial charge in [0, 0.05) is 19.7 Å². The zero-order valence-corrected chi connectivity index (χ0v) is 12.0. The van der Waals surface area contributed by atoms with Crippen molar-refractivity contribution in [3.8, 4) is 0 Å². The molecule has 0 bridgehead atoms. The molecule has 5 heteroatoms. The first-order chi connectivity index (χ1) is 8.63. The fourth-order valence-corrected chi connectivity index (χ4v) is 2.93. The van der Waals surface area contributed by atoms with Gasteiger partial charge in [-0.15, -0.1) is 11.3 Å². The van der Waals surface area contributed by atoms with Crippen LogP contribution in [0.4, 0.5) is 5.00 Å². The van der Waals surface area contributed by atoms with Crippen molar-refractivity contribution in [1.82, 2.24) is 0 Å². The molecule has 1 aromatic rings. The highest BCUT2D eigenvalue weighted by atomic mass is 32.1. The van der Waals surface area contributed by atoms with Crippen molar-refractivity contribution in [1.29, 1.82) is 0 Å². The van der Waals surface area contributed by atoms with Crippen LogP contribution < -0.4 is 4.90 Å². The summed E-state index contributed by atoms with van der Waals surface area (Å²) in [5.41, 5.74) is 0.